The predicted octanol–water partition coefficient (Wildman–Crippen LogP) is 4.91. The zero-order chi connectivity index (χ0) is 19.3. The number of rotatable bonds is 4. The van der Waals surface area contributed by atoms with E-state index in [1.54, 1.807) is 0 Å². The first kappa shape index (κ1) is 18.4. The molecular weight excluding hydrogens is 368 g/mol. The maximum Gasteiger partial charge on any atom is 0.263 e. The third-order valence-electron chi connectivity index (χ3n) is 5.15. The second-order valence-electron chi connectivity index (χ2n) is 6.94. The van der Waals surface area contributed by atoms with Crippen molar-refractivity contribution in [3.63, 3.8) is 0 Å². The van der Waals surface area contributed by atoms with Gasteiger partial charge in [-0.05, 0) is 35.9 Å². The number of anilines is 1. The lowest BCUT2D eigenvalue weighted by atomic mass is 9.95. The number of benzene rings is 2. The molecule has 5 heteroatoms. The summed E-state index contributed by atoms with van der Waals surface area (Å²) in [7, 11) is 0. The molecular formula is C23H22N2O2S. The summed E-state index contributed by atoms with van der Waals surface area (Å²) in [6, 6.07) is 21.7. The average Bonchev–Trinajstić information content (AvgIpc) is 3.29. The topological polar surface area (TPSA) is 49.4 Å². The van der Waals surface area contributed by atoms with Crippen molar-refractivity contribution < 1.29 is 9.59 Å². The van der Waals surface area contributed by atoms with Crippen molar-refractivity contribution >= 4 is 28.8 Å². The molecule has 1 N–H and O–H groups in total. The first-order chi connectivity index (χ1) is 13.7. The molecule has 0 radical (unpaired) electrons. The minimum atomic E-state index is -0.0729. The second-order valence-corrected chi connectivity index (χ2v) is 7.89. The highest BCUT2D eigenvalue weighted by molar-refractivity contribution is 7.12. The van der Waals surface area contributed by atoms with Gasteiger partial charge < -0.3 is 10.2 Å². The van der Waals surface area contributed by atoms with Gasteiger partial charge in [0.1, 0.15) is 0 Å². The number of thiophene rings is 1. The third kappa shape index (κ3) is 3.99. The van der Waals surface area contributed by atoms with E-state index in [1.165, 1.54) is 11.3 Å². The van der Waals surface area contributed by atoms with E-state index in [1.807, 2.05) is 77.0 Å². The highest BCUT2D eigenvalue weighted by Gasteiger charge is 2.28. The van der Waals surface area contributed by atoms with Crippen LogP contribution in [-0.4, -0.2) is 29.8 Å². The van der Waals surface area contributed by atoms with E-state index in [0.717, 1.165) is 21.7 Å². The number of para-hydroxylation sites is 1. The fourth-order valence-corrected chi connectivity index (χ4v) is 4.29. The van der Waals surface area contributed by atoms with Gasteiger partial charge >= 0.3 is 0 Å². The van der Waals surface area contributed by atoms with E-state index < -0.39 is 0 Å². The molecule has 2 amide bonds. The Balaban J connectivity index is 1.40. The Hall–Kier alpha value is -2.92. The van der Waals surface area contributed by atoms with Crippen LogP contribution in [0.2, 0.25) is 0 Å². The van der Waals surface area contributed by atoms with Crippen LogP contribution >= 0.6 is 11.3 Å². The number of likely N-dealkylation sites (tertiary alicyclic amines) is 1. The summed E-state index contributed by atoms with van der Waals surface area (Å²) >= 11 is 1.46. The molecule has 4 rings (SSSR count). The van der Waals surface area contributed by atoms with Gasteiger partial charge in [0.2, 0.25) is 5.91 Å². The van der Waals surface area contributed by atoms with Crippen molar-refractivity contribution in [3.05, 3.63) is 77.0 Å². The molecule has 0 spiro atoms. The fraction of sp³-hybridized carbons (Fsp3) is 0.217. The number of hydrogen-bond donors (Lipinski definition) is 1. The van der Waals surface area contributed by atoms with Crippen LogP contribution in [0.25, 0.3) is 11.1 Å². The number of nitrogens with zero attached hydrogens (tertiary/aromatic N) is 1. The van der Waals surface area contributed by atoms with Crippen molar-refractivity contribution in [2.24, 2.45) is 5.92 Å². The molecule has 3 aromatic rings. The first-order valence-corrected chi connectivity index (χ1v) is 10.4. The lowest BCUT2D eigenvalue weighted by Gasteiger charge is -2.31. The summed E-state index contributed by atoms with van der Waals surface area (Å²) < 4.78 is 0. The maximum absolute atomic E-state index is 12.8. The van der Waals surface area contributed by atoms with Crippen LogP contribution in [0, 0.1) is 5.92 Å². The smallest absolute Gasteiger partial charge is 0.263 e. The summed E-state index contributed by atoms with van der Waals surface area (Å²) in [4.78, 5) is 27.9. The number of nitrogens with one attached hydrogen (secondary N) is 1. The highest BCUT2D eigenvalue weighted by atomic mass is 32.1. The Morgan fingerprint density at radius 2 is 1.61 bits per heavy atom. The van der Waals surface area contributed by atoms with Gasteiger partial charge in [-0.15, -0.1) is 11.3 Å². The van der Waals surface area contributed by atoms with Crippen LogP contribution in [-0.2, 0) is 4.79 Å². The van der Waals surface area contributed by atoms with Gasteiger partial charge in [0, 0.05) is 30.3 Å². The Morgan fingerprint density at radius 3 is 2.32 bits per heavy atom. The number of hydrogen-bond acceptors (Lipinski definition) is 3. The summed E-state index contributed by atoms with van der Waals surface area (Å²) in [5.74, 6) is 0.0334. The van der Waals surface area contributed by atoms with E-state index in [2.05, 4.69) is 5.32 Å². The molecule has 28 heavy (non-hydrogen) atoms. The van der Waals surface area contributed by atoms with E-state index in [4.69, 9.17) is 0 Å². The van der Waals surface area contributed by atoms with Crippen LogP contribution in [0.15, 0.2) is 72.1 Å². The lowest BCUT2D eigenvalue weighted by molar-refractivity contribution is -0.121. The van der Waals surface area contributed by atoms with Gasteiger partial charge in [0.15, 0.2) is 0 Å². The number of carbonyl (C=O) groups excluding carboxylic acids is 2. The van der Waals surface area contributed by atoms with Crippen molar-refractivity contribution in [2.45, 2.75) is 12.8 Å². The van der Waals surface area contributed by atoms with Gasteiger partial charge in [-0.2, -0.15) is 0 Å². The number of amides is 2. The quantitative estimate of drug-likeness (QED) is 0.688. The summed E-state index contributed by atoms with van der Waals surface area (Å²) in [5, 5.41) is 5.02. The molecule has 0 bridgehead atoms. The molecule has 4 nitrogen and oxygen atoms in total. The Morgan fingerprint density at radius 1 is 0.893 bits per heavy atom. The van der Waals surface area contributed by atoms with Crippen molar-refractivity contribution in [3.8, 4) is 11.1 Å². The van der Waals surface area contributed by atoms with Crippen LogP contribution in [0.1, 0.15) is 22.5 Å². The van der Waals surface area contributed by atoms with E-state index in [9.17, 15) is 9.59 Å². The Bertz CT molecular complexity index is 946. The average molecular weight is 391 g/mol. The fourth-order valence-electron chi connectivity index (χ4n) is 3.60. The molecule has 1 fully saturated rings. The van der Waals surface area contributed by atoms with Crippen LogP contribution in [0.5, 0.6) is 0 Å². The van der Waals surface area contributed by atoms with Gasteiger partial charge in [0.25, 0.3) is 5.91 Å². The summed E-state index contributed by atoms with van der Waals surface area (Å²) in [6.07, 6.45) is 1.38. The zero-order valence-corrected chi connectivity index (χ0v) is 16.3. The Kier molecular flexibility index (Phi) is 5.53. The number of piperidine rings is 1. The van der Waals surface area contributed by atoms with E-state index >= 15 is 0 Å². The molecule has 0 atom stereocenters. The van der Waals surface area contributed by atoms with Crippen molar-refractivity contribution in [1.29, 1.82) is 0 Å². The van der Waals surface area contributed by atoms with Crippen molar-refractivity contribution in [1.82, 2.24) is 4.90 Å². The second kappa shape index (κ2) is 8.40. The standard InChI is InChI=1S/C23H22N2O2S/c26-22(18-12-14-25(15-13-18)23(27)21-11-6-16-28-21)24-20-10-5-4-9-19(20)17-7-2-1-3-8-17/h1-11,16,18H,12-15H2,(H,24,26). The molecule has 2 heterocycles. The van der Waals surface area contributed by atoms with Crippen LogP contribution < -0.4 is 5.32 Å². The molecule has 1 aliphatic rings. The van der Waals surface area contributed by atoms with Gasteiger partial charge in [-0.1, -0.05) is 54.6 Å². The predicted molar refractivity (Wildman–Crippen MR) is 113 cm³/mol. The van der Waals surface area contributed by atoms with Crippen LogP contribution in [0.3, 0.4) is 0 Å². The van der Waals surface area contributed by atoms with Gasteiger partial charge in [-0.25, -0.2) is 0 Å². The monoisotopic (exact) mass is 390 g/mol. The molecule has 0 saturated carbocycles. The largest absolute Gasteiger partial charge is 0.338 e. The molecule has 1 aliphatic heterocycles. The molecule has 0 unspecified atom stereocenters. The third-order valence-corrected chi connectivity index (χ3v) is 6.01. The lowest BCUT2D eigenvalue weighted by Crippen LogP contribution is -2.41. The molecule has 1 saturated heterocycles. The van der Waals surface area contributed by atoms with E-state index in [-0.39, 0.29) is 17.7 Å². The highest BCUT2D eigenvalue weighted by Crippen LogP contribution is 2.29. The zero-order valence-electron chi connectivity index (χ0n) is 15.5. The number of carbonyl (C=O) groups is 2. The summed E-state index contributed by atoms with van der Waals surface area (Å²) in [6.45, 7) is 1.24. The van der Waals surface area contributed by atoms with Crippen molar-refractivity contribution in [2.75, 3.05) is 18.4 Å². The molecule has 1 aromatic heterocycles. The normalized spacial score (nSPS) is 14.6. The molecule has 0 aliphatic carbocycles. The van der Waals surface area contributed by atoms with E-state index in [0.29, 0.717) is 25.9 Å². The summed E-state index contributed by atoms with van der Waals surface area (Å²) in [5.41, 5.74) is 2.92. The van der Waals surface area contributed by atoms with Gasteiger partial charge in [0.05, 0.1) is 4.88 Å². The minimum absolute atomic E-state index is 0.0339. The van der Waals surface area contributed by atoms with Crippen LogP contribution in [0.4, 0.5) is 5.69 Å². The molecule has 142 valence electrons. The maximum atomic E-state index is 12.8. The molecule has 2 aromatic carbocycles. The minimum Gasteiger partial charge on any atom is -0.338 e. The first-order valence-electron chi connectivity index (χ1n) is 9.50. The SMILES string of the molecule is O=C(Nc1ccccc1-c1ccccc1)C1CCN(C(=O)c2cccs2)CC1. The van der Waals surface area contributed by atoms with Gasteiger partial charge in [-0.3, -0.25) is 9.59 Å². The Labute approximate surface area is 168 Å².